The first-order valence-corrected chi connectivity index (χ1v) is 9.44. The van der Waals surface area contributed by atoms with Crippen LogP contribution in [0.4, 0.5) is 5.82 Å². The number of anilines is 1. The number of aryl methyl sites for hydroxylation is 3. The van der Waals surface area contributed by atoms with Crippen molar-refractivity contribution in [2.24, 2.45) is 0 Å². The highest BCUT2D eigenvalue weighted by Gasteiger charge is 2.25. The van der Waals surface area contributed by atoms with Crippen LogP contribution in [0.5, 0.6) is 5.75 Å². The van der Waals surface area contributed by atoms with E-state index < -0.39 is 0 Å². The Bertz CT molecular complexity index is 719. The Morgan fingerprint density at radius 2 is 2.00 bits per heavy atom. The van der Waals surface area contributed by atoms with Crippen LogP contribution in [-0.4, -0.2) is 17.1 Å². The minimum atomic E-state index is 0.218. The van der Waals surface area contributed by atoms with Gasteiger partial charge in [-0.2, -0.15) is 0 Å². The first-order valence-electron chi connectivity index (χ1n) is 8.65. The predicted octanol–water partition coefficient (Wildman–Crippen LogP) is 4.86. The largest absolute Gasteiger partial charge is 0.496 e. The lowest BCUT2D eigenvalue weighted by Gasteiger charge is -2.29. The van der Waals surface area contributed by atoms with Crippen molar-refractivity contribution in [1.82, 2.24) is 9.97 Å². The Morgan fingerprint density at radius 3 is 2.71 bits per heavy atom. The smallest absolute Gasteiger partial charge is 0.148 e. The van der Waals surface area contributed by atoms with Gasteiger partial charge in [-0.1, -0.05) is 26.0 Å². The summed E-state index contributed by atoms with van der Waals surface area (Å²) in [7, 11) is 1.74. The third-order valence-corrected chi connectivity index (χ3v) is 5.27. The summed E-state index contributed by atoms with van der Waals surface area (Å²) in [6.07, 6.45) is 5.07. The van der Waals surface area contributed by atoms with Crippen molar-refractivity contribution in [3.63, 3.8) is 0 Å². The second-order valence-corrected chi connectivity index (χ2v) is 6.84. The Labute approximate surface area is 152 Å². The number of halogens is 1. The second kappa shape index (κ2) is 7.51. The first kappa shape index (κ1) is 17.2. The summed E-state index contributed by atoms with van der Waals surface area (Å²) in [6, 6.07) is 6.54. The summed E-state index contributed by atoms with van der Waals surface area (Å²) < 4.78 is 6.47. The maximum atomic E-state index is 5.62. The number of methoxy groups -OCH3 is 1. The zero-order chi connectivity index (χ0) is 17.1. The number of hydrogen-bond donors (Lipinski definition) is 1. The molecule has 24 heavy (non-hydrogen) atoms. The quantitative estimate of drug-likeness (QED) is 0.792. The van der Waals surface area contributed by atoms with Gasteiger partial charge in [0.25, 0.3) is 0 Å². The highest BCUT2D eigenvalue weighted by molar-refractivity contribution is 9.10. The number of fused-ring (bicyclic) bond motifs is 1. The van der Waals surface area contributed by atoms with Gasteiger partial charge in [0.2, 0.25) is 0 Å². The van der Waals surface area contributed by atoms with Gasteiger partial charge in [-0.3, -0.25) is 0 Å². The van der Waals surface area contributed by atoms with E-state index >= 15 is 0 Å². The van der Waals surface area contributed by atoms with E-state index in [1.165, 1.54) is 17.5 Å². The van der Waals surface area contributed by atoms with Crippen LogP contribution in [0.1, 0.15) is 55.2 Å². The number of benzene rings is 1. The fraction of sp³-hybridized carbons (Fsp3) is 0.474. The fourth-order valence-corrected chi connectivity index (χ4v) is 3.98. The van der Waals surface area contributed by atoms with Gasteiger partial charge in [0.05, 0.1) is 24.5 Å². The molecule has 1 heterocycles. The SMILES string of the molecule is CCc1nc(NC2CCCc3cccc(OC)c32)c(CC)nc1Br. The van der Waals surface area contributed by atoms with E-state index in [0.717, 1.165) is 53.2 Å². The average molecular weight is 390 g/mol. The molecule has 1 aromatic carbocycles. The van der Waals surface area contributed by atoms with Crippen molar-refractivity contribution in [2.45, 2.75) is 52.0 Å². The van der Waals surface area contributed by atoms with Gasteiger partial charge in [-0.25, -0.2) is 9.97 Å². The van der Waals surface area contributed by atoms with Crippen molar-refractivity contribution in [3.8, 4) is 5.75 Å². The lowest BCUT2D eigenvalue weighted by atomic mass is 9.87. The van der Waals surface area contributed by atoms with Gasteiger partial charge in [-0.05, 0) is 59.7 Å². The maximum Gasteiger partial charge on any atom is 0.148 e. The van der Waals surface area contributed by atoms with Crippen molar-refractivity contribution in [1.29, 1.82) is 0 Å². The predicted molar refractivity (Wildman–Crippen MR) is 101 cm³/mol. The van der Waals surface area contributed by atoms with Crippen LogP contribution in [0.3, 0.4) is 0 Å². The van der Waals surface area contributed by atoms with Crippen LogP contribution >= 0.6 is 15.9 Å². The molecule has 0 aliphatic heterocycles. The fourth-order valence-electron chi connectivity index (χ4n) is 3.40. The van der Waals surface area contributed by atoms with Gasteiger partial charge in [0.15, 0.2) is 0 Å². The minimum absolute atomic E-state index is 0.218. The molecule has 0 fully saturated rings. The Kier molecular flexibility index (Phi) is 5.39. The number of nitrogens with zero attached hydrogens (tertiary/aromatic N) is 2. The van der Waals surface area contributed by atoms with E-state index in [2.05, 4.69) is 52.2 Å². The van der Waals surface area contributed by atoms with E-state index in [-0.39, 0.29) is 6.04 Å². The van der Waals surface area contributed by atoms with Crippen LogP contribution in [0.2, 0.25) is 0 Å². The molecular formula is C19H24BrN3O. The third kappa shape index (κ3) is 3.27. The summed E-state index contributed by atoms with van der Waals surface area (Å²) in [5, 5.41) is 3.66. The zero-order valence-electron chi connectivity index (χ0n) is 14.5. The molecule has 1 aliphatic rings. The van der Waals surface area contributed by atoms with Crippen LogP contribution in [-0.2, 0) is 19.3 Å². The molecule has 0 saturated heterocycles. The topological polar surface area (TPSA) is 47.0 Å². The molecule has 1 aromatic heterocycles. The van der Waals surface area contributed by atoms with Crippen molar-refractivity contribution in [2.75, 3.05) is 12.4 Å². The molecule has 1 unspecified atom stereocenters. The first-order chi connectivity index (χ1) is 11.7. The van der Waals surface area contributed by atoms with Crippen molar-refractivity contribution in [3.05, 3.63) is 45.3 Å². The summed E-state index contributed by atoms with van der Waals surface area (Å²) >= 11 is 3.53. The van der Waals surface area contributed by atoms with Crippen molar-refractivity contribution < 1.29 is 4.74 Å². The van der Waals surface area contributed by atoms with Crippen LogP contribution < -0.4 is 10.1 Å². The Hall–Kier alpha value is -1.62. The summed E-state index contributed by atoms with van der Waals surface area (Å²) in [5.74, 6) is 1.87. The van der Waals surface area contributed by atoms with Crippen LogP contribution in [0.15, 0.2) is 22.8 Å². The molecule has 0 spiro atoms. The monoisotopic (exact) mass is 389 g/mol. The molecule has 0 radical (unpaired) electrons. The molecule has 1 aliphatic carbocycles. The van der Waals surface area contributed by atoms with Crippen molar-refractivity contribution >= 4 is 21.7 Å². The molecule has 4 nitrogen and oxygen atoms in total. The van der Waals surface area contributed by atoms with Gasteiger partial charge in [-0.15, -0.1) is 0 Å². The van der Waals surface area contributed by atoms with Crippen LogP contribution in [0, 0.1) is 0 Å². The summed E-state index contributed by atoms with van der Waals surface area (Å²) in [4.78, 5) is 9.51. The summed E-state index contributed by atoms with van der Waals surface area (Å²) in [6.45, 7) is 4.21. The molecule has 0 saturated carbocycles. The van der Waals surface area contributed by atoms with E-state index in [4.69, 9.17) is 9.72 Å². The minimum Gasteiger partial charge on any atom is -0.496 e. The number of ether oxygens (including phenoxy) is 1. The van der Waals surface area contributed by atoms with E-state index in [1.54, 1.807) is 7.11 Å². The molecule has 3 rings (SSSR count). The average Bonchev–Trinajstić information content (AvgIpc) is 2.62. The molecule has 1 N–H and O–H groups in total. The molecule has 0 amide bonds. The highest BCUT2D eigenvalue weighted by Crippen LogP contribution is 2.38. The normalized spacial score (nSPS) is 16.6. The molecule has 5 heteroatoms. The molecule has 0 bridgehead atoms. The van der Waals surface area contributed by atoms with Gasteiger partial charge < -0.3 is 10.1 Å². The number of nitrogens with one attached hydrogen (secondary N) is 1. The van der Waals surface area contributed by atoms with Crippen LogP contribution in [0.25, 0.3) is 0 Å². The Balaban J connectivity index is 1.99. The Morgan fingerprint density at radius 1 is 1.21 bits per heavy atom. The number of hydrogen-bond acceptors (Lipinski definition) is 4. The lowest BCUT2D eigenvalue weighted by Crippen LogP contribution is -2.20. The van der Waals surface area contributed by atoms with E-state index in [1.807, 2.05) is 6.07 Å². The second-order valence-electron chi connectivity index (χ2n) is 6.09. The van der Waals surface area contributed by atoms with E-state index in [0.29, 0.717) is 0 Å². The third-order valence-electron chi connectivity index (χ3n) is 4.64. The maximum absolute atomic E-state index is 5.62. The van der Waals surface area contributed by atoms with Gasteiger partial charge in [0, 0.05) is 5.56 Å². The lowest BCUT2D eigenvalue weighted by molar-refractivity contribution is 0.401. The zero-order valence-corrected chi connectivity index (χ0v) is 16.1. The standard InChI is InChI=1S/C19H24BrN3O/c1-4-13-18(20)21-14(5-2)19(22-13)23-15-10-6-8-12-9-7-11-16(24-3)17(12)15/h7,9,11,15H,4-6,8,10H2,1-3H3,(H,22,23). The molecular weight excluding hydrogens is 366 g/mol. The molecule has 128 valence electrons. The number of aromatic nitrogens is 2. The molecule has 1 atom stereocenters. The number of rotatable bonds is 5. The summed E-state index contributed by atoms with van der Waals surface area (Å²) in [5.41, 5.74) is 4.64. The van der Waals surface area contributed by atoms with E-state index in [9.17, 15) is 0 Å². The van der Waals surface area contributed by atoms with Gasteiger partial charge >= 0.3 is 0 Å². The van der Waals surface area contributed by atoms with Gasteiger partial charge in [0.1, 0.15) is 16.2 Å². The molecule has 2 aromatic rings. The highest BCUT2D eigenvalue weighted by atomic mass is 79.9.